The Morgan fingerprint density at radius 1 is 1.28 bits per heavy atom. The second-order valence-corrected chi connectivity index (χ2v) is 6.08. The van der Waals surface area contributed by atoms with Gasteiger partial charge in [-0.05, 0) is 19.1 Å². The summed E-state index contributed by atoms with van der Waals surface area (Å²) in [5.41, 5.74) is 7.70. The summed E-state index contributed by atoms with van der Waals surface area (Å²) in [4.78, 5) is 8.30. The molecule has 0 fully saturated rings. The Hall–Kier alpha value is -1.89. The molecule has 0 bridgehead atoms. The Morgan fingerprint density at radius 2 is 1.94 bits per heavy atom. The molecule has 2 rings (SSSR count). The van der Waals surface area contributed by atoms with Gasteiger partial charge >= 0.3 is 0 Å². The van der Waals surface area contributed by atoms with E-state index in [1.807, 2.05) is 0 Å². The third-order valence-corrected chi connectivity index (χ3v) is 4.49. The van der Waals surface area contributed by atoms with Gasteiger partial charge in [-0.15, -0.1) is 0 Å². The van der Waals surface area contributed by atoms with Crippen molar-refractivity contribution in [2.24, 2.45) is 0 Å². The van der Waals surface area contributed by atoms with E-state index in [0.717, 1.165) is 0 Å². The largest absolute Gasteiger partial charge is 0.397 e. The lowest BCUT2D eigenvalue weighted by atomic mass is 10.2. The smallest absolute Gasteiger partial charge is 0.234 e. The highest BCUT2D eigenvalue weighted by Crippen LogP contribution is 2.31. The normalized spacial score (nSPS) is 11.7. The first kappa shape index (κ1) is 12.6. The summed E-state index contributed by atoms with van der Waals surface area (Å²) in [6.07, 6.45) is 3.06. The fourth-order valence-electron chi connectivity index (χ4n) is 1.70. The summed E-state index contributed by atoms with van der Waals surface area (Å²) in [6, 6.07) is 3.35. The van der Waals surface area contributed by atoms with Gasteiger partial charge in [-0.3, -0.25) is 14.3 Å². The summed E-state index contributed by atoms with van der Waals surface area (Å²) in [5.74, 6) is -0.000407. The third kappa shape index (κ3) is 1.97. The molecule has 0 spiro atoms. The van der Waals surface area contributed by atoms with Crippen molar-refractivity contribution in [3.05, 3.63) is 24.5 Å². The number of benzene rings is 1. The molecule has 0 radical (unpaired) electrons. The SMILES string of the molecule is CCS(=O)(=O)N(C)c1c(N)ccc2nccnc12. The van der Waals surface area contributed by atoms with Crippen molar-refractivity contribution in [1.29, 1.82) is 0 Å². The summed E-state index contributed by atoms with van der Waals surface area (Å²) < 4.78 is 25.0. The number of nitrogens with two attached hydrogens (primary N) is 1. The van der Waals surface area contributed by atoms with Crippen LogP contribution in [0.5, 0.6) is 0 Å². The summed E-state index contributed by atoms with van der Waals surface area (Å²) in [7, 11) is -1.91. The van der Waals surface area contributed by atoms with Crippen LogP contribution in [-0.2, 0) is 10.0 Å². The Kier molecular flexibility index (Phi) is 3.08. The number of anilines is 2. The number of nitrogen functional groups attached to an aromatic ring is 1. The lowest BCUT2D eigenvalue weighted by molar-refractivity contribution is 0.595. The monoisotopic (exact) mass is 266 g/mol. The first-order valence-electron chi connectivity index (χ1n) is 5.43. The van der Waals surface area contributed by atoms with Crippen molar-refractivity contribution < 1.29 is 8.42 Å². The van der Waals surface area contributed by atoms with Gasteiger partial charge in [0.15, 0.2) is 0 Å². The van der Waals surface area contributed by atoms with Crippen molar-refractivity contribution in [2.45, 2.75) is 6.92 Å². The molecule has 0 atom stereocenters. The maximum absolute atomic E-state index is 11.9. The average molecular weight is 266 g/mol. The second kappa shape index (κ2) is 4.41. The Balaban J connectivity index is 2.74. The average Bonchev–Trinajstić information content (AvgIpc) is 2.38. The quantitative estimate of drug-likeness (QED) is 0.837. The molecule has 2 N–H and O–H groups in total. The lowest BCUT2D eigenvalue weighted by Gasteiger charge is -2.21. The first-order valence-corrected chi connectivity index (χ1v) is 7.04. The Labute approximate surface area is 106 Å². The van der Waals surface area contributed by atoms with Gasteiger partial charge < -0.3 is 5.73 Å². The van der Waals surface area contributed by atoms with E-state index in [9.17, 15) is 8.42 Å². The number of aromatic nitrogens is 2. The van der Waals surface area contributed by atoms with Gasteiger partial charge in [0.05, 0.1) is 17.0 Å². The van der Waals surface area contributed by atoms with E-state index in [4.69, 9.17) is 5.73 Å². The summed E-state index contributed by atoms with van der Waals surface area (Å²) in [5, 5.41) is 0. The van der Waals surface area contributed by atoms with E-state index < -0.39 is 10.0 Å². The van der Waals surface area contributed by atoms with E-state index >= 15 is 0 Å². The molecule has 96 valence electrons. The second-order valence-electron chi connectivity index (χ2n) is 3.80. The molecular formula is C11H14N4O2S. The fourth-order valence-corrected chi connectivity index (χ4v) is 2.56. The molecule has 18 heavy (non-hydrogen) atoms. The van der Waals surface area contributed by atoms with Crippen LogP contribution in [0.15, 0.2) is 24.5 Å². The molecule has 0 amide bonds. The first-order chi connectivity index (χ1) is 8.47. The van der Waals surface area contributed by atoms with Crippen LogP contribution in [0.2, 0.25) is 0 Å². The van der Waals surface area contributed by atoms with Crippen molar-refractivity contribution in [3.8, 4) is 0 Å². The molecule has 1 aromatic heterocycles. The number of sulfonamides is 1. The predicted molar refractivity (Wildman–Crippen MR) is 71.8 cm³/mol. The minimum atomic E-state index is -3.38. The molecule has 1 aromatic carbocycles. The van der Waals surface area contributed by atoms with E-state index in [2.05, 4.69) is 9.97 Å². The zero-order valence-electron chi connectivity index (χ0n) is 10.2. The molecule has 2 aromatic rings. The zero-order valence-corrected chi connectivity index (χ0v) is 11.0. The zero-order chi connectivity index (χ0) is 13.3. The van der Waals surface area contributed by atoms with E-state index in [-0.39, 0.29) is 5.75 Å². The molecule has 0 unspecified atom stereocenters. The van der Waals surface area contributed by atoms with Gasteiger partial charge in [0.1, 0.15) is 11.2 Å². The number of fused-ring (bicyclic) bond motifs is 1. The van der Waals surface area contributed by atoms with Crippen molar-refractivity contribution in [3.63, 3.8) is 0 Å². The Morgan fingerprint density at radius 3 is 2.61 bits per heavy atom. The summed E-state index contributed by atoms with van der Waals surface area (Å²) >= 11 is 0. The summed E-state index contributed by atoms with van der Waals surface area (Å²) in [6.45, 7) is 1.58. The maximum atomic E-state index is 11.9. The van der Waals surface area contributed by atoms with Crippen molar-refractivity contribution in [1.82, 2.24) is 9.97 Å². The molecule has 7 heteroatoms. The lowest BCUT2D eigenvalue weighted by Crippen LogP contribution is -2.29. The van der Waals surface area contributed by atoms with Gasteiger partial charge in [0, 0.05) is 19.4 Å². The van der Waals surface area contributed by atoms with E-state index in [0.29, 0.717) is 22.4 Å². The van der Waals surface area contributed by atoms with Crippen LogP contribution in [0.25, 0.3) is 11.0 Å². The number of rotatable bonds is 3. The minimum absolute atomic E-state index is 0.000407. The van der Waals surface area contributed by atoms with Gasteiger partial charge in [0.25, 0.3) is 0 Å². The van der Waals surface area contributed by atoms with Crippen LogP contribution in [-0.4, -0.2) is 31.2 Å². The van der Waals surface area contributed by atoms with Gasteiger partial charge in [-0.1, -0.05) is 0 Å². The molecular weight excluding hydrogens is 252 g/mol. The van der Waals surface area contributed by atoms with Gasteiger partial charge in [-0.25, -0.2) is 8.42 Å². The molecule has 0 aliphatic rings. The van der Waals surface area contributed by atoms with Crippen LogP contribution in [0.4, 0.5) is 11.4 Å². The highest BCUT2D eigenvalue weighted by atomic mass is 32.2. The maximum Gasteiger partial charge on any atom is 0.234 e. The number of hydrogen-bond donors (Lipinski definition) is 1. The third-order valence-electron chi connectivity index (χ3n) is 2.74. The standard InChI is InChI=1S/C11H14N4O2S/c1-3-18(16,17)15(2)11-8(12)4-5-9-10(11)14-7-6-13-9/h4-7H,3,12H2,1-2H3. The molecule has 0 saturated heterocycles. The highest BCUT2D eigenvalue weighted by molar-refractivity contribution is 7.92. The van der Waals surface area contributed by atoms with E-state index in [1.165, 1.54) is 17.5 Å². The molecule has 0 saturated carbocycles. The molecule has 6 nitrogen and oxygen atoms in total. The van der Waals surface area contributed by atoms with Crippen LogP contribution in [0.1, 0.15) is 6.92 Å². The van der Waals surface area contributed by atoms with Crippen LogP contribution in [0.3, 0.4) is 0 Å². The highest BCUT2D eigenvalue weighted by Gasteiger charge is 2.21. The van der Waals surface area contributed by atoms with E-state index in [1.54, 1.807) is 25.3 Å². The van der Waals surface area contributed by atoms with Crippen LogP contribution in [0, 0.1) is 0 Å². The van der Waals surface area contributed by atoms with Gasteiger partial charge in [-0.2, -0.15) is 0 Å². The molecule has 0 aliphatic carbocycles. The molecule has 1 heterocycles. The fraction of sp³-hybridized carbons (Fsp3) is 0.273. The molecule has 0 aliphatic heterocycles. The number of hydrogen-bond acceptors (Lipinski definition) is 5. The van der Waals surface area contributed by atoms with Crippen LogP contribution >= 0.6 is 0 Å². The van der Waals surface area contributed by atoms with Crippen molar-refractivity contribution in [2.75, 3.05) is 22.8 Å². The van der Waals surface area contributed by atoms with Crippen LogP contribution < -0.4 is 10.0 Å². The minimum Gasteiger partial charge on any atom is -0.397 e. The topological polar surface area (TPSA) is 89.2 Å². The Bertz CT molecular complexity index is 685. The van der Waals surface area contributed by atoms with Crippen molar-refractivity contribution >= 4 is 32.4 Å². The predicted octanol–water partition coefficient (Wildman–Crippen LogP) is 0.998. The van der Waals surface area contributed by atoms with Gasteiger partial charge in [0.2, 0.25) is 10.0 Å². The number of nitrogens with zero attached hydrogens (tertiary/aromatic N) is 3.